The van der Waals surface area contributed by atoms with E-state index in [1.807, 2.05) is 0 Å². The van der Waals surface area contributed by atoms with Gasteiger partial charge in [-0.25, -0.2) is 9.78 Å². The molecule has 2 N–H and O–H groups in total. The number of alkyl halides is 3. The normalized spacial score (nSPS) is 22.0. The van der Waals surface area contributed by atoms with E-state index in [1.165, 1.54) is 0 Å². The number of aromatic nitrogens is 2. The summed E-state index contributed by atoms with van der Waals surface area (Å²) in [6.45, 7) is 0. The number of carboxylic acids is 1. The lowest BCUT2D eigenvalue weighted by Crippen LogP contribution is -2.21. The maximum atomic E-state index is 10.6. The fourth-order valence-corrected chi connectivity index (χ4v) is 1.15. The molecular formula is C9H8F3N3O2. The van der Waals surface area contributed by atoms with Gasteiger partial charge in [-0.05, 0) is 6.42 Å². The minimum absolute atomic E-state index is 0.237. The van der Waals surface area contributed by atoms with Crippen molar-refractivity contribution < 1.29 is 23.1 Å². The third-order valence-corrected chi connectivity index (χ3v) is 2.12. The second-order valence-corrected chi connectivity index (χ2v) is 3.39. The maximum Gasteiger partial charge on any atom is 0.490 e. The van der Waals surface area contributed by atoms with Gasteiger partial charge in [-0.1, -0.05) is 0 Å². The Morgan fingerprint density at radius 3 is 2.53 bits per heavy atom. The van der Waals surface area contributed by atoms with Crippen molar-refractivity contribution in [3.05, 3.63) is 18.2 Å². The second-order valence-electron chi connectivity index (χ2n) is 3.39. The third-order valence-electron chi connectivity index (χ3n) is 2.12. The van der Waals surface area contributed by atoms with Crippen LogP contribution in [0.2, 0.25) is 0 Å². The van der Waals surface area contributed by atoms with Gasteiger partial charge in [-0.2, -0.15) is 18.4 Å². The highest BCUT2D eigenvalue weighted by atomic mass is 19.4. The molecule has 0 saturated heterocycles. The number of aliphatic carboxylic acids is 1. The lowest BCUT2D eigenvalue weighted by molar-refractivity contribution is -0.192. The number of nitrogens with one attached hydrogen (secondary N) is 1. The lowest BCUT2D eigenvalue weighted by Gasteiger charge is -1.93. The summed E-state index contributed by atoms with van der Waals surface area (Å²) in [7, 11) is 0. The van der Waals surface area contributed by atoms with Crippen molar-refractivity contribution in [1.82, 2.24) is 9.97 Å². The molecule has 0 aromatic carbocycles. The summed E-state index contributed by atoms with van der Waals surface area (Å²) < 4.78 is 31.7. The van der Waals surface area contributed by atoms with Crippen molar-refractivity contribution in [1.29, 1.82) is 5.26 Å². The molecule has 1 saturated carbocycles. The first-order valence-corrected chi connectivity index (χ1v) is 4.54. The first-order valence-electron chi connectivity index (χ1n) is 4.54. The van der Waals surface area contributed by atoms with Crippen LogP contribution in [0.15, 0.2) is 12.5 Å². The van der Waals surface area contributed by atoms with Gasteiger partial charge >= 0.3 is 12.1 Å². The predicted octanol–water partition coefficient (Wildman–Crippen LogP) is 1.67. The molecule has 0 spiro atoms. The number of hydrogen-bond acceptors (Lipinski definition) is 3. The van der Waals surface area contributed by atoms with Crippen molar-refractivity contribution in [3.8, 4) is 6.07 Å². The zero-order chi connectivity index (χ0) is 13.1. The molecule has 1 fully saturated rings. The van der Waals surface area contributed by atoms with E-state index in [-0.39, 0.29) is 5.92 Å². The smallest absolute Gasteiger partial charge is 0.475 e. The first-order chi connectivity index (χ1) is 7.86. The van der Waals surface area contributed by atoms with Crippen LogP contribution in [0, 0.1) is 17.2 Å². The minimum atomic E-state index is -5.08. The number of nitriles is 1. The monoisotopic (exact) mass is 247 g/mol. The molecule has 1 heterocycles. The van der Waals surface area contributed by atoms with Crippen molar-refractivity contribution in [3.63, 3.8) is 0 Å². The molecule has 0 radical (unpaired) electrons. The lowest BCUT2D eigenvalue weighted by atomic mass is 10.3. The molecule has 17 heavy (non-hydrogen) atoms. The number of rotatable bonds is 1. The summed E-state index contributed by atoms with van der Waals surface area (Å²) in [6, 6.07) is 2.23. The molecule has 2 atom stereocenters. The third kappa shape index (κ3) is 3.79. The molecule has 0 aliphatic heterocycles. The molecule has 1 aromatic rings. The molecule has 92 valence electrons. The molecule has 1 aromatic heterocycles. The molecule has 0 bridgehead atoms. The van der Waals surface area contributed by atoms with Gasteiger partial charge in [0.25, 0.3) is 0 Å². The Hall–Kier alpha value is -2.04. The van der Waals surface area contributed by atoms with Gasteiger partial charge in [0.1, 0.15) is 0 Å². The molecule has 8 heteroatoms. The number of hydrogen-bond donors (Lipinski definition) is 2. The van der Waals surface area contributed by atoms with Crippen molar-refractivity contribution in [2.24, 2.45) is 5.92 Å². The number of halogens is 3. The Morgan fingerprint density at radius 1 is 1.65 bits per heavy atom. The topological polar surface area (TPSA) is 89.8 Å². The van der Waals surface area contributed by atoms with Crippen molar-refractivity contribution in [2.45, 2.75) is 18.5 Å². The highest BCUT2D eigenvalue weighted by Gasteiger charge is 2.39. The van der Waals surface area contributed by atoms with Gasteiger partial charge in [0.15, 0.2) is 0 Å². The Balaban J connectivity index is 0.000000185. The zero-order valence-corrected chi connectivity index (χ0v) is 8.40. The van der Waals surface area contributed by atoms with E-state index in [1.54, 1.807) is 12.5 Å². The van der Waals surface area contributed by atoms with E-state index in [2.05, 4.69) is 16.0 Å². The van der Waals surface area contributed by atoms with E-state index >= 15 is 0 Å². The van der Waals surface area contributed by atoms with Crippen LogP contribution in [-0.4, -0.2) is 27.2 Å². The van der Waals surface area contributed by atoms with Gasteiger partial charge in [-0.3, -0.25) is 0 Å². The molecule has 0 amide bonds. The summed E-state index contributed by atoms with van der Waals surface area (Å²) in [5, 5.41) is 15.6. The Bertz CT molecular complexity index is 422. The zero-order valence-electron chi connectivity index (χ0n) is 8.40. The largest absolute Gasteiger partial charge is 0.490 e. The average molecular weight is 247 g/mol. The van der Waals surface area contributed by atoms with Crippen molar-refractivity contribution in [2.75, 3.05) is 0 Å². The van der Waals surface area contributed by atoms with Crippen LogP contribution in [0.25, 0.3) is 0 Å². The number of nitrogens with zero attached hydrogens (tertiary/aromatic N) is 2. The number of carboxylic acid groups (broad SMARTS) is 1. The van der Waals surface area contributed by atoms with Gasteiger partial charge in [0.05, 0.1) is 18.3 Å². The highest BCUT2D eigenvalue weighted by Crippen LogP contribution is 2.45. The number of imidazole rings is 1. The number of aromatic amines is 1. The average Bonchev–Trinajstić information content (AvgIpc) is 2.82. The van der Waals surface area contributed by atoms with Gasteiger partial charge < -0.3 is 10.1 Å². The van der Waals surface area contributed by atoms with Gasteiger partial charge in [0.2, 0.25) is 0 Å². The molecule has 2 unspecified atom stereocenters. The summed E-state index contributed by atoms with van der Waals surface area (Å²) in [5.74, 6) is -2.08. The standard InChI is InChI=1S/C7H7N3.C2HF3O2/c8-2-5-1-6(5)7-3-9-4-10-7;3-2(4,5)1(6)7/h3-6H,1H2,(H,9,10);(H,6,7). The number of H-pyrrole nitrogens is 1. The summed E-state index contributed by atoms with van der Waals surface area (Å²) >= 11 is 0. The van der Waals surface area contributed by atoms with E-state index in [9.17, 15) is 13.2 Å². The Morgan fingerprint density at radius 2 is 2.24 bits per heavy atom. The van der Waals surface area contributed by atoms with Gasteiger partial charge in [0, 0.05) is 17.8 Å². The highest BCUT2D eigenvalue weighted by molar-refractivity contribution is 5.73. The second kappa shape index (κ2) is 4.86. The van der Waals surface area contributed by atoms with Crippen LogP contribution in [0.1, 0.15) is 18.0 Å². The SMILES string of the molecule is N#CC1CC1c1cnc[nH]1.O=C(O)C(F)(F)F. The molecule has 2 rings (SSSR count). The van der Waals surface area contributed by atoms with Crippen LogP contribution in [0.5, 0.6) is 0 Å². The molecular weight excluding hydrogens is 239 g/mol. The van der Waals surface area contributed by atoms with E-state index in [4.69, 9.17) is 15.2 Å². The minimum Gasteiger partial charge on any atom is -0.475 e. The fraction of sp³-hybridized carbons (Fsp3) is 0.444. The van der Waals surface area contributed by atoms with Crippen molar-refractivity contribution >= 4 is 5.97 Å². The van der Waals surface area contributed by atoms with Crippen LogP contribution in [0.4, 0.5) is 13.2 Å². The van der Waals surface area contributed by atoms with Crippen LogP contribution < -0.4 is 0 Å². The fourth-order valence-electron chi connectivity index (χ4n) is 1.15. The first kappa shape index (κ1) is 13.0. The Kier molecular flexibility index (Phi) is 3.73. The summed E-state index contributed by atoms with van der Waals surface area (Å²) in [4.78, 5) is 15.8. The summed E-state index contributed by atoms with van der Waals surface area (Å²) in [6.07, 6.45) is -0.636. The van der Waals surface area contributed by atoms with E-state index < -0.39 is 12.1 Å². The van der Waals surface area contributed by atoms with Crippen LogP contribution >= 0.6 is 0 Å². The predicted molar refractivity (Wildman–Crippen MR) is 48.7 cm³/mol. The molecule has 5 nitrogen and oxygen atoms in total. The molecule has 1 aliphatic carbocycles. The van der Waals surface area contributed by atoms with E-state index in [0.29, 0.717) is 5.92 Å². The van der Waals surface area contributed by atoms with Crippen LogP contribution in [-0.2, 0) is 4.79 Å². The molecule has 1 aliphatic rings. The number of carbonyl (C=O) groups is 1. The quantitative estimate of drug-likeness (QED) is 0.789. The maximum absolute atomic E-state index is 10.6. The van der Waals surface area contributed by atoms with Gasteiger partial charge in [-0.15, -0.1) is 0 Å². The Labute approximate surface area is 93.9 Å². The van der Waals surface area contributed by atoms with Crippen LogP contribution in [0.3, 0.4) is 0 Å². The summed E-state index contributed by atoms with van der Waals surface area (Å²) in [5.41, 5.74) is 1.10. The van der Waals surface area contributed by atoms with E-state index in [0.717, 1.165) is 12.1 Å².